The molecule has 0 atom stereocenters. The van der Waals surface area contributed by atoms with E-state index in [0.29, 0.717) is 23.3 Å². The summed E-state index contributed by atoms with van der Waals surface area (Å²) in [5, 5.41) is 18.5. The van der Waals surface area contributed by atoms with Gasteiger partial charge in [-0.05, 0) is 31.0 Å². The van der Waals surface area contributed by atoms with Crippen LogP contribution in [0.2, 0.25) is 5.02 Å². The van der Waals surface area contributed by atoms with Gasteiger partial charge in [-0.25, -0.2) is 0 Å². The molecule has 3 aromatic rings. The van der Waals surface area contributed by atoms with E-state index >= 15 is 0 Å². The Hall–Kier alpha value is -2.67. The molecule has 0 saturated carbocycles. The van der Waals surface area contributed by atoms with Gasteiger partial charge in [0, 0.05) is 17.6 Å². The summed E-state index contributed by atoms with van der Waals surface area (Å²) in [5.41, 5.74) is 1.19. The lowest BCUT2D eigenvalue weighted by Gasteiger charge is -2.06. The molecule has 1 aromatic carbocycles. The highest BCUT2D eigenvalue weighted by atomic mass is 35.5. The molecule has 0 bridgehead atoms. The third-order valence-corrected chi connectivity index (χ3v) is 3.31. The zero-order valence-electron chi connectivity index (χ0n) is 12.5. The lowest BCUT2D eigenvalue weighted by molar-refractivity contribution is 0.400. The van der Waals surface area contributed by atoms with E-state index in [1.165, 1.54) is 5.56 Å². The fourth-order valence-corrected chi connectivity index (χ4v) is 2.09. The first-order valence-electron chi connectivity index (χ1n) is 7.07. The quantitative estimate of drug-likeness (QED) is 0.717. The predicted molar refractivity (Wildman–Crippen MR) is 88.0 cm³/mol. The molecule has 0 aliphatic rings. The minimum Gasteiger partial charge on any atom is -0.368 e. The van der Waals surface area contributed by atoms with Crippen molar-refractivity contribution >= 4 is 29.2 Å². The topological polar surface area (TPSA) is 88.8 Å². The van der Waals surface area contributed by atoms with Gasteiger partial charge in [-0.15, -0.1) is 5.10 Å². The Bertz CT molecular complexity index is 774. The molecule has 2 N–H and O–H groups in total. The molecule has 2 heterocycles. The number of aryl methyl sites for hydroxylation is 1. The van der Waals surface area contributed by atoms with Crippen molar-refractivity contribution in [2.75, 3.05) is 17.2 Å². The third kappa shape index (κ3) is 4.40. The van der Waals surface area contributed by atoms with E-state index in [0.717, 1.165) is 18.0 Å². The Balaban J connectivity index is 1.56. The molecule has 0 fully saturated rings. The van der Waals surface area contributed by atoms with Crippen molar-refractivity contribution in [2.45, 2.75) is 13.3 Å². The average molecular weight is 331 g/mol. The molecule has 7 nitrogen and oxygen atoms in total. The van der Waals surface area contributed by atoms with Gasteiger partial charge in [-0.2, -0.15) is 10.1 Å². The zero-order chi connectivity index (χ0) is 16.1. The van der Waals surface area contributed by atoms with Crippen LogP contribution in [0.15, 0.2) is 41.1 Å². The van der Waals surface area contributed by atoms with Gasteiger partial charge in [-0.1, -0.05) is 28.9 Å². The van der Waals surface area contributed by atoms with Gasteiger partial charge in [-0.3, -0.25) is 0 Å². The molecule has 2 aromatic heterocycles. The van der Waals surface area contributed by atoms with Crippen LogP contribution in [0.4, 0.5) is 17.6 Å². The van der Waals surface area contributed by atoms with Crippen molar-refractivity contribution < 1.29 is 4.52 Å². The van der Waals surface area contributed by atoms with E-state index in [9.17, 15) is 0 Å². The fraction of sp³-hybridized carbons (Fsp3) is 0.200. The van der Waals surface area contributed by atoms with Crippen LogP contribution in [0.5, 0.6) is 0 Å². The Morgan fingerprint density at radius 1 is 1.17 bits per heavy atom. The summed E-state index contributed by atoms with van der Waals surface area (Å²) in [4.78, 5) is 4.32. The molecular weight excluding hydrogens is 316 g/mol. The Kier molecular flexibility index (Phi) is 4.68. The van der Waals surface area contributed by atoms with Crippen molar-refractivity contribution in [3.63, 3.8) is 0 Å². The van der Waals surface area contributed by atoms with E-state index in [-0.39, 0.29) is 0 Å². The fourth-order valence-electron chi connectivity index (χ4n) is 1.97. The molecule has 0 aliphatic heterocycles. The molecule has 0 spiro atoms. The Morgan fingerprint density at radius 2 is 2.00 bits per heavy atom. The maximum atomic E-state index is 5.87. The summed E-state index contributed by atoms with van der Waals surface area (Å²) in [5.74, 6) is 2.24. The molecule has 3 rings (SSSR count). The number of nitrogens with one attached hydrogen (secondary N) is 2. The molecule has 0 saturated heterocycles. The summed E-state index contributed by atoms with van der Waals surface area (Å²) in [7, 11) is 0. The minimum atomic E-state index is 0.356. The van der Waals surface area contributed by atoms with Gasteiger partial charge in [0.2, 0.25) is 5.95 Å². The highest BCUT2D eigenvalue weighted by Gasteiger charge is 2.04. The SMILES string of the molecule is Cc1cc(Nc2nncc(NCCc3ccc(Cl)cc3)n2)no1. The van der Waals surface area contributed by atoms with Crippen molar-refractivity contribution in [2.24, 2.45) is 0 Å². The molecular formula is C15H15ClN6O. The van der Waals surface area contributed by atoms with Crippen LogP contribution in [0, 0.1) is 6.92 Å². The van der Waals surface area contributed by atoms with Gasteiger partial charge in [0.1, 0.15) is 5.76 Å². The highest BCUT2D eigenvalue weighted by molar-refractivity contribution is 6.30. The summed E-state index contributed by atoms with van der Waals surface area (Å²) < 4.78 is 4.98. The van der Waals surface area contributed by atoms with E-state index in [4.69, 9.17) is 16.1 Å². The number of aromatic nitrogens is 4. The minimum absolute atomic E-state index is 0.356. The van der Waals surface area contributed by atoms with E-state index in [2.05, 4.69) is 31.0 Å². The first kappa shape index (κ1) is 15.2. The van der Waals surface area contributed by atoms with Gasteiger partial charge >= 0.3 is 0 Å². The number of benzene rings is 1. The monoisotopic (exact) mass is 330 g/mol. The second-order valence-corrected chi connectivity index (χ2v) is 5.35. The normalized spacial score (nSPS) is 10.5. The summed E-state index contributed by atoms with van der Waals surface area (Å²) in [6.45, 7) is 2.54. The van der Waals surface area contributed by atoms with Gasteiger partial charge in [0.25, 0.3) is 0 Å². The van der Waals surface area contributed by atoms with Crippen molar-refractivity contribution in [3.8, 4) is 0 Å². The van der Waals surface area contributed by atoms with Crippen molar-refractivity contribution in [3.05, 3.63) is 52.9 Å². The van der Waals surface area contributed by atoms with Gasteiger partial charge < -0.3 is 15.2 Å². The number of hydrogen-bond acceptors (Lipinski definition) is 7. The molecule has 0 amide bonds. The molecule has 118 valence electrons. The smallest absolute Gasteiger partial charge is 0.250 e. The molecule has 0 aliphatic carbocycles. The standard InChI is InChI=1S/C15H15ClN6O/c1-10-8-13(22-23-10)19-15-20-14(9-18-21-15)17-7-6-11-2-4-12(16)5-3-11/h2-5,8-9H,6-7H2,1H3,(H2,17,19,20,21,22). The number of anilines is 3. The highest BCUT2D eigenvalue weighted by Crippen LogP contribution is 2.13. The molecule has 23 heavy (non-hydrogen) atoms. The van der Waals surface area contributed by atoms with E-state index < -0.39 is 0 Å². The average Bonchev–Trinajstić information content (AvgIpc) is 2.95. The molecule has 8 heteroatoms. The lowest BCUT2D eigenvalue weighted by atomic mass is 10.1. The molecule has 0 unspecified atom stereocenters. The first-order valence-corrected chi connectivity index (χ1v) is 7.45. The number of rotatable bonds is 6. The third-order valence-electron chi connectivity index (χ3n) is 3.06. The second kappa shape index (κ2) is 7.06. The zero-order valence-corrected chi connectivity index (χ0v) is 13.2. The van der Waals surface area contributed by atoms with Gasteiger partial charge in [0.15, 0.2) is 11.6 Å². The second-order valence-electron chi connectivity index (χ2n) is 4.92. The first-order chi connectivity index (χ1) is 11.2. The summed E-state index contributed by atoms with van der Waals surface area (Å²) >= 11 is 5.87. The maximum absolute atomic E-state index is 5.87. The number of halogens is 1. The molecule has 0 radical (unpaired) electrons. The Morgan fingerprint density at radius 3 is 2.74 bits per heavy atom. The van der Waals surface area contributed by atoms with Crippen molar-refractivity contribution in [1.29, 1.82) is 0 Å². The van der Waals surface area contributed by atoms with Crippen LogP contribution in [-0.4, -0.2) is 26.9 Å². The number of nitrogens with zero attached hydrogens (tertiary/aromatic N) is 4. The lowest BCUT2D eigenvalue weighted by Crippen LogP contribution is -2.08. The van der Waals surface area contributed by atoms with Crippen LogP contribution in [0.1, 0.15) is 11.3 Å². The summed E-state index contributed by atoms with van der Waals surface area (Å²) in [6, 6.07) is 9.52. The predicted octanol–water partition coefficient (Wildman–Crippen LogP) is 3.22. The van der Waals surface area contributed by atoms with Crippen LogP contribution in [0.3, 0.4) is 0 Å². The van der Waals surface area contributed by atoms with Crippen LogP contribution in [0.25, 0.3) is 0 Å². The Labute approximate surface area is 138 Å². The van der Waals surface area contributed by atoms with Crippen LogP contribution in [-0.2, 0) is 6.42 Å². The summed E-state index contributed by atoms with van der Waals surface area (Å²) in [6.07, 6.45) is 2.42. The van der Waals surface area contributed by atoms with Gasteiger partial charge in [0.05, 0.1) is 6.20 Å². The van der Waals surface area contributed by atoms with Crippen molar-refractivity contribution in [1.82, 2.24) is 20.3 Å². The number of hydrogen-bond donors (Lipinski definition) is 2. The van der Waals surface area contributed by atoms with Crippen LogP contribution < -0.4 is 10.6 Å². The van der Waals surface area contributed by atoms with E-state index in [1.54, 1.807) is 12.3 Å². The largest absolute Gasteiger partial charge is 0.368 e. The maximum Gasteiger partial charge on any atom is 0.250 e. The van der Waals surface area contributed by atoms with E-state index in [1.807, 2.05) is 31.2 Å². The van der Waals surface area contributed by atoms with Crippen LogP contribution >= 0.6 is 11.6 Å².